The average molecular weight is 289 g/mol. The molecule has 1 spiro atoms. The van der Waals surface area contributed by atoms with Crippen LogP contribution in [0.5, 0.6) is 0 Å². The van der Waals surface area contributed by atoms with Crippen LogP contribution >= 0.6 is 8.02 Å². The van der Waals surface area contributed by atoms with Gasteiger partial charge < -0.3 is 0 Å². The Kier molecular flexibility index (Phi) is 4.14. The maximum atomic E-state index is 11.8. The predicted octanol–water partition coefficient (Wildman–Crippen LogP) is 1.79. The van der Waals surface area contributed by atoms with Crippen LogP contribution in [-0.4, -0.2) is 24.0 Å². The van der Waals surface area contributed by atoms with E-state index in [1.807, 2.05) is 27.7 Å². The van der Waals surface area contributed by atoms with E-state index in [4.69, 9.17) is 9.05 Å². The molecule has 2 aliphatic rings. The Labute approximate surface area is 114 Å². The van der Waals surface area contributed by atoms with Crippen LogP contribution in [0.25, 0.3) is 0 Å². The van der Waals surface area contributed by atoms with Gasteiger partial charge >= 0.3 is 20.0 Å². The summed E-state index contributed by atoms with van der Waals surface area (Å²) < 4.78 is 10.6. The number of carbonyl (C=O) groups excluding carboxylic acids is 2. The molecule has 0 aromatic rings. The Balaban J connectivity index is 2.02. The first-order valence-corrected chi connectivity index (χ1v) is 8.35. The lowest BCUT2D eigenvalue weighted by molar-refractivity contribution is -0.136. The van der Waals surface area contributed by atoms with Crippen LogP contribution in [0.4, 0.5) is 0 Å². The summed E-state index contributed by atoms with van der Waals surface area (Å²) in [6, 6.07) is -0.766. The van der Waals surface area contributed by atoms with E-state index in [-0.39, 0.29) is 24.0 Å². The van der Waals surface area contributed by atoms with E-state index in [2.05, 4.69) is 10.2 Å². The lowest BCUT2D eigenvalue weighted by Crippen LogP contribution is -2.33. The largest absolute Gasteiger partial charge is 0.528 e. The number of rotatable bonds is 4. The van der Waals surface area contributed by atoms with E-state index in [1.54, 1.807) is 0 Å². The highest BCUT2D eigenvalue weighted by atomic mass is 31.2. The van der Waals surface area contributed by atoms with Gasteiger partial charge in [-0.2, -0.15) is 0 Å². The fourth-order valence-corrected chi connectivity index (χ4v) is 4.62. The summed E-state index contributed by atoms with van der Waals surface area (Å²) in [6.45, 7) is 8.14. The van der Waals surface area contributed by atoms with Gasteiger partial charge in [0.1, 0.15) is 0 Å². The Hall–Kier alpha value is -0.710. The molecule has 108 valence electrons. The molecule has 0 aliphatic carbocycles. The lowest BCUT2D eigenvalue weighted by Gasteiger charge is -2.10. The van der Waals surface area contributed by atoms with Crippen molar-refractivity contribution in [2.45, 2.75) is 52.6 Å². The van der Waals surface area contributed by atoms with E-state index in [1.165, 1.54) is 0 Å². The Morgan fingerprint density at radius 3 is 1.63 bits per heavy atom. The summed E-state index contributed by atoms with van der Waals surface area (Å²) in [6.07, 6.45) is 1.35. The highest BCUT2D eigenvalue weighted by Gasteiger charge is 2.66. The zero-order valence-electron chi connectivity index (χ0n) is 11.8. The van der Waals surface area contributed by atoms with Gasteiger partial charge in [0.15, 0.2) is 12.1 Å². The van der Waals surface area contributed by atoms with Crippen LogP contribution < -0.4 is 10.2 Å². The molecule has 0 amide bonds. The molecule has 2 saturated heterocycles. The maximum absolute atomic E-state index is 11.8. The summed E-state index contributed by atoms with van der Waals surface area (Å²) in [5, 5.41) is 6.13. The number of hydrogen-bond donors (Lipinski definition) is 2. The summed E-state index contributed by atoms with van der Waals surface area (Å²) in [5.41, 5.74) is 0. The average Bonchev–Trinajstić information content (AvgIpc) is 2.67. The monoisotopic (exact) mass is 289 g/mol. The molecule has 2 N–H and O–H groups in total. The predicted molar refractivity (Wildman–Crippen MR) is 71.9 cm³/mol. The van der Waals surface area contributed by atoms with Crippen LogP contribution in [0.2, 0.25) is 0 Å². The summed E-state index contributed by atoms with van der Waals surface area (Å²) in [5.74, 6) is 0.0843. The van der Waals surface area contributed by atoms with Crippen molar-refractivity contribution >= 4 is 20.0 Å². The quantitative estimate of drug-likeness (QED) is 0.768. The zero-order valence-corrected chi connectivity index (χ0v) is 12.7. The highest BCUT2D eigenvalue weighted by molar-refractivity contribution is 7.64. The molecule has 2 heterocycles. The zero-order chi connectivity index (χ0) is 14.2. The van der Waals surface area contributed by atoms with Crippen molar-refractivity contribution in [3.05, 3.63) is 0 Å². The Morgan fingerprint density at radius 1 is 0.947 bits per heavy atom. The molecule has 7 heteroatoms. The summed E-state index contributed by atoms with van der Waals surface area (Å²) in [4.78, 5) is 23.6. The lowest BCUT2D eigenvalue weighted by atomic mass is 10.1. The van der Waals surface area contributed by atoms with E-state index >= 15 is 0 Å². The second-order valence-corrected chi connectivity index (χ2v) is 7.98. The van der Waals surface area contributed by atoms with Crippen LogP contribution in [0.1, 0.15) is 40.5 Å². The molecule has 0 unspecified atom stereocenters. The number of carbonyl (C=O) groups is 2. The topological polar surface area (TPSA) is 76.7 Å². The Bertz CT molecular complexity index is 350. The van der Waals surface area contributed by atoms with Gasteiger partial charge in [0.25, 0.3) is 0 Å². The third kappa shape index (κ3) is 3.25. The van der Waals surface area contributed by atoms with Crippen LogP contribution in [0, 0.1) is 11.8 Å². The molecule has 0 radical (unpaired) electrons. The first kappa shape index (κ1) is 14.7. The molecule has 0 bridgehead atoms. The van der Waals surface area contributed by atoms with Gasteiger partial charge in [-0.15, -0.1) is 0 Å². The van der Waals surface area contributed by atoms with Gasteiger partial charge in [-0.05, 0) is 24.7 Å². The van der Waals surface area contributed by atoms with E-state index in [0.717, 1.165) is 0 Å². The molecule has 6 nitrogen and oxygen atoms in total. The van der Waals surface area contributed by atoms with Crippen LogP contribution in [-0.2, 0) is 18.6 Å². The van der Waals surface area contributed by atoms with Gasteiger partial charge in [-0.3, -0.25) is 0 Å². The standard InChI is InChI=1S/C12H22N2O4P/c1-7(2)5-9-11(15)17-19(13-9)14-10(6-8(3)4)12(16)18-19/h7-10,13-14H,5-6H2,1-4H3/q+1/t9-,10-,19?/m1/s1. The van der Waals surface area contributed by atoms with Crippen LogP contribution in [0.3, 0.4) is 0 Å². The fourth-order valence-electron chi connectivity index (χ4n) is 2.30. The van der Waals surface area contributed by atoms with Gasteiger partial charge in [0.05, 0.1) is 0 Å². The van der Waals surface area contributed by atoms with Crippen molar-refractivity contribution in [2.75, 3.05) is 0 Å². The van der Waals surface area contributed by atoms with Gasteiger partial charge in [0.2, 0.25) is 0 Å². The number of nitrogens with one attached hydrogen (secondary N) is 2. The van der Waals surface area contributed by atoms with E-state index in [0.29, 0.717) is 24.7 Å². The minimum atomic E-state index is -2.73. The van der Waals surface area contributed by atoms with Gasteiger partial charge in [-0.1, -0.05) is 37.9 Å². The minimum absolute atomic E-state index is 0.326. The summed E-state index contributed by atoms with van der Waals surface area (Å²) in [7, 11) is -2.73. The van der Waals surface area contributed by atoms with Crippen molar-refractivity contribution in [1.29, 1.82) is 0 Å². The van der Waals surface area contributed by atoms with Crippen molar-refractivity contribution in [1.82, 2.24) is 10.2 Å². The Morgan fingerprint density at radius 2 is 1.32 bits per heavy atom. The fraction of sp³-hybridized carbons (Fsp3) is 0.833. The molecule has 0 aromatic carbocycles. The van der Waals surface area contributed by atoms with Crippen LogP contribution in [0.15, 0.2) is 0 Å². The van der Waals surface area contributed by atoms with Crippen molar-refractivity contribution in [2.24, 2.45) is 11.8 Å². The molecule has 2 atom stereocenters. The van der Waals surface area contributed by atoms with Gasteiger partial charge in [-0.25, -0.2) is 18.6 Å². The van der Waals surface area contributed by atoms with E-state index < -0.39 is 8.02 Å². The first-order chi connectivity index (χ1) is 8.81. The SMILES string of the molecule is CC(C)C[C@H]1N[P+]2(N[C@H](CC(C)C)C(=O)O2)OC1=O. The molecular weight excluding hydrogens is 267 g/mol. The molecule has 0 aromatic heterocycles. The smallest absolute Gasteiger partial charge is 0.245 e. The maximum Gasteiger partial charge on any atom is 0.528 e. The normalized spacial score (nSPS) is 29.4. The van der Waals surface area contributed by atoms with Crippen molar-refractivity contribution < 1.29 is 18.6 Å². The van der Waals surface area contributed by atoms with Crippen molar-refractivity contribution in [3.63, 3.8) is 0 Å². The second-order valence-electron chi connectivity index (χ2n) is 5.99. The second kappa shape index (κ2) is 5.35. The highest BCUT2D eigenvalue weighted by Crippen LogP contribution is 2.61. The molecule has 19 heavy (non-hydrogen) atoms. The molecule has 0 saturated carbocycles. The van der Waals surface area contributed by atoms with Crippen molar-refractivity contribution in [3.8, 4) is 0 Å². The molecule has 2 aliphatic heterocycles. The number of hydrogen-bond acceptors (Lipinski definition) is 6. The molecule has 2 rings (SSSR count). The first-order valence-electron chi connectivity index (χ1n) is 6.73. The minimum Gasteiger partial charge on any atom is -0.245 e. The van der Waals surface area contributed by atoms with E-state index in [9.17, 15) is 9.59 Å². The third-order valence-corrected chi connectivity index (χ3v) is 5.25. The van der Waals surface area contributed by atoms with Gasteiger partial charge in [0, 0.05) is 0 Å². The third-order valence-electron chi connectivity index (χ3n) is 3.07. The summed E-state index contributed by atoms with van der Waals surface area (Å²) >= 11 is 0. The molecule has 2 fully saturated rings. The molecular formula is C12H22N2O4P+.